The highest BCUT2D eigenvalue weighted by Crippen LogP contribution is 2.24. The molecule has 0 aliphatic heterocycles. The van der Waals surface area contributed by atoms with Gasteiger partial charge in [-0.25, -0.2) is 4.39 Å². The molecule has 2 aromatic carbocycles. The fourth-order valence-corrected chi connectivity index (χ4v) is 2.31. The summed E-state index contributed by atoms with van der Waals surface area (Å²) in [6.45, 7) is 3.12. The summed E-state index contributed by atoms with van der Waals surface area (Å²) in [4.78, 5) is 0. The van der Waals surface area contributed by atoms with Crippen LogP contribution in [0.5, 0.6) is 5.75 Å². The molecule has 1 atom stereocenters. The van der Waals surface area contributed by atoms with Gasteiger partial charge in [-0.05, 0) is 55.3 Å². The zero-order valence-corrected chi connectivity index (χ0v) is 11.7. The molecule has 1 unspecified atom stereocenters. The highest BCUT2D eigenvalue weighted by Gasteiger charge is 2.12. The minimum absolute atomic E-state index is 0.164. The standard InChI is InChI=1S/C17H20FNO/c1-2-20-17-8-4-6-14(11-17)15(12-19)9-13-5-3-7-16(18)10-13/h3-8,10-11,15H,2,9,12,19H2,1H3. The van der Waals surface area contributed by atoms with Crippen molar-refractivity contribution >= 4 is 0 Å². The molecule has 0 amide bonds. The molecule has 0 fully saturated rings. The van der Waals surface area contributed by atoms with E-state index in [9.17, 15) is 4.39 Å². The molecule has 0 spiro atoms. The van der Waals surface area contributed by atoms with Crippen molar-refractivity contribution in [3.05, 3.63) is 65.5 Å². The molecule has 0 saturated carbocycles. The van der Waals surface area contributed by atoms with Gasteiger partial charge in [-0.15, -0.1) is 0 Å². The Hall–Kier alpha value is -1.87. The van der Waals surface area contributed by atoms with E-state index >= 15 is 0 Å². The van der Waals surface area contributed by atoms with Crippen LogP contribution in [-0.4, -0.2) is 13.2 Å². The van der Waals surface area contributed by atoms with Gasteiger partial charge in [-0.2, -0.15) is 0 Å². The normalized spacial score (nSPS) is 12.2. The molecule has 106 valence electrons. The molecule has 0 bridgehead atoms. The quantitative estimate of drug-likeness (QED) is 0.874. The molecule has 0 saturated heterocycles. The second kappa shape index (κ2) is 7.06. The van der Waals surface area contributed by atoms with Gasteiger partial charge in [0.25, 0.3) is 0 Å². The Morgan fingerprint density at radius 2 is 1.95 bits per heavy atom. The van der Waals surface area contributed by atoms with Gasteiger partial charge >= 0.3 is 0 Å². The number of halogens is 1. The first-order chi connectivity index (χ1) is 9.72. The van der Waals surface area contributed by atoms with Crippen molar-refractivity contribution in [3.63, 3.8) is 0 Å². The van der Waals surface area contributed by atoms with Gasteiger partial charge in [0, 0.05) is 5.92 Å². The third-order valence-electron chi connectivity index (χ3n) is 3.30. The van der Waals surface area contributed by atoms with Gasteiger partial charge < -0.3 is 10.5 Å². The van der Waals surface area contributed by atoms with Crippen molar-refractivity contribution < 1.29 is 9.13 Å². The molecular formula is C17H20FNO. The molecule has 20 heavy (non-hydrogen) atoms. The van der Waals surface area contributed by atoms with Crippen LogP contribution in [0.2, 0.25) is 0 Å². The Balaban J connectivity index is 2.17. The summed E-state index contributed by atoms with van der Waals surface area (Å²) in [6, 6.07) is 14.6. The number of rotatable bonds is 6. The molecule has 0 aliphatic rings. The van der Waals surface area contributed by atoms with E-state index in [-0.39, 0.29) is 11.7 Å². The summed E-state index contributed by atoms with van der Waals surface area (Å²) in [6.07, 6.45) is 0.726. The molecule has 0 heterocycles. The largest absolute Gasteiger partial charge is 0.494 e. The minimum atomic E-state index is -0.207. The highest BCUT2D eigenvalue weighted by molar-refractivity contribution is 5.32. The van der Waals surface area contributed by atoms with E-state index in [1.54, 1.807) is 12.1 Å². The summed E-state index contributed by atoms with van der Waals surface area (Å²) in [7, 11) is 0. The smallest absolute Gasteiger partial charge is 0.123 e. The average molecular weight is 273 g/mol. The SMILES string of the molecule is CCOc1cccc(C(CN)Cc2cccc(F)c2)c1. The van der Waals surface area contributed by atoms with Crippen LogP contribution in [0.15, 0.2) is 48.5 Å². The topological polar surface area (TPSA) is 35.2 Å². The lowest BCUT2D eigenvalue weighted by molar-refractivity contribution is 0.339. The molecule has 0 aromatic heterocycles. The van der Waals surface area contributed by atoms with Gasteiger partial charge in [0.1, 0.15) is 11.6 Å². The number of ether oxygens (including phenoxy) is 1. The summed E-state index contributed by atoms with van der Waals surface area (Å²) >= 11 is 0. The molecule has 2 rings (SSSR count). The lowest BCUT2D eigenvalue weighted by atomic mass is 9.92. The maximum atomic E-state index is 13.2. The van der Waals surface area contributed by atoms with E-state index in [4.69, 9.17) is 10.5 Å². The molecule has 0 aliphatic carbocycles. The Bertz CT molecular complexity index is 556. The Kier molecular flexibility index (Phi) is 5.13. The second-order valence-corrected chi connectivity index (χ2v) is 4.77. The number of nitrogens with two attached hydrogens (primary N) is 1. The Labute approximate surface area is 119 Å². The predicted octanol–water partition coefficient (Wildman–Crippen LogP) is 3.51. The average Bonchev–Trinajstić information content (AvgIpc) is 2.45. The fourth-order valence-electron chi connectivity index (χ4n) is 2.31. The van der Waals surface area contributed by atoms with E-state index in [0.29, 0.717) is 13.2 Å². The lowest BCUT2D eigenvalue weighted by Gasteiger charge is -2.16. The van der Waals surface area contributed by atoms with Crippen LogP contribution in [0.3, 0.4) is 0 Å². The molecule has 2 N–H and O–H groups in total. The minimum Gasteiger partial charge on any atom is -0.494 e. The van der Waals surface area contributed by atoms with Gasteiger partial charge in [0.15, 0.2) is 0 Å². The van der Waals surface area contributed by atoms with Crippen LogP contribution in [0.4, 0.5) is 4.39 Å². The highest BCUT2D eigenvalue weighted by atomic mass is 19.1. The summed E-state index contributed by atoms with van der Waals surface area (Å²) in [5, 5.41) is 0. The first kappa shape index (κ1) is 14.5. The lowest BCUT2D eigenvalue weighted by Crippen LogP contribution is -2.15. The zero-order valence-electron chi connectivity index (χ0n) is 11.7. The first-order valence-corrected chi connectivity index (χ1v) is 6.90. The van der Waals surface area contributed by atoms with Crippen molar-refractivity contribution in [2.75, 3.05) is 13.2 Å². The van der Waals surface area contributed by atoms with Crippen LogP contribution < -0.4 is 10.5 Å². The van der Waals surface area contributed by atoms with Crippen molar-refractivity contribution in [1.29, 1.82) is 0 Å². The van der Waals surface area contributed by atoms with Crippen LogP contribution >= 0.6 is 0 Å². The second-order valence-electron chi connectivity index (χ2n) is 4.77. The summed E-state index contributed by atoms with van der Waals surface area (Å²) < 4.78 is 18.7. The molecule has 2 aromatic rings. The van der Waals surface area contributed by atoms with Crippen molar-refractivity contribution in [2.45, 2.75) is 19.3 Å². The molecule has 3 heteroatoms. The summed E-state index contributed by atoms with van der Waals surface area (Å²) in [5.41, 5.74) is 7.97. The van der Waals surface area contributed by atoms with Crippen molar-refractivity contribution in [1.82, 2.24) is 0 Å². The Morgan fingerprint density at radius 1 is 1.15 bits per heavy atom. The van der Waals surface area contributed by atoms with Crippen LogP contribution in [-0.2, 0) is 6.42 Å². The number of hydrogen-bond donors (Lipinski definition) is 1. The first-order valence-electron chi connectivity index (χ1n) is 6.90. The van der Waals surface area contributed by atoms with E-state index < -0.39 is 0 Å². The monoisotopic (exact) mass is 273 g/mol. The van der Waals surface area contributed by atoms with E-state index in [1.165, 1.54) is 6.07 Å². The van der Waals surface area contributed by atoms with Crippen molar-refractivity contribution in [2.24, 2.45) is 5.73 Å². The van der Waals surface area contributed by atoms with Gasteiger partial charge in [0.2, 0.25) is 0 Å². The van der Waals surface area contributed by atoms with E-state index in [0.717, 1.165) is 23.3 Å². The van der Waals surface area contributed by atoms with Crippen LogP contribution in [0.25, 0.3) is 0 Å². The number of benzene rings is 2. The molecule has 0 radical (unpaired) electrons. The zero-order chi connectivity index (χ0) is 14.4. The van der Waals surface area contributed by atoms with E-state index in [2.05, 4.69) is 0 Å². The van der Waals surface area contributed by atoms with Gasteiger partial charge in [-0.3, -0.25) is 0 Å². The maximum absolute atomic E-state index is 13.2. The van der Waals surface area contributed by atoms with Gasteiger partial charge in [0.05, 0.1) is 6.61 Å². The third kappa shape index (κ3) is 3.81. The van der Waals surface area contributed by atoms with Crippen molar-refractivity contribution in [3.8, 4) is 5.75 Å². The van der Waals surface area contributed by atoms with Crippen LogP contribution in [0.1, 0.15) is 24.0 Å². The fraction of sp³-hybridized carbons (Fsp3) is 0.294. The molecule has 2 nitrogen and oxygen atoms in total. The predicted molar refractivity (Wildman–Crippen MR) is 79.5 cm³/mol. The van der Waals surface area contributed by atoms with Gasteiger partial charge in [-0.1, -0.05) is 24.3 Å². The molecular weight excluding hydrogens is 253 g/mol. The maximum Gasteiger partial charge on any atom is 0.123 e. The number of hydrogen-bond acceptors (Lipinski definition) is 2. The third-order valence-corrected chi connectivity index (χ3v) is 3.30. The Morgan fingerprint density at radius 3 is 2.65 bits per heavy atom. The van der Waals surface area contributed by atoms with Crippen LogP contribution in [0, 0.1) is 5.82 Å². The van der Waals surface area contributed by atoms with E-state index in [1.807, 2.05) is 37.3 Å². The summed E-state index contributed by atoms with van der Waals surface area (Å²) in [5.74, 6) is 0.807.